The van der Waals surface area contributed by atoms with Crippen LogP contribution in [0, 0.1) is 6.92 Å². The predicted octanol–water partition coefficient (Wildman–Crippen LogP) is 3.83. The van der Waals surface area contributed by atoms with E-state index in [1.54, 1.807) is 11.3 Å². The monoisotopic (exact) mass is 250 g/mol. The van der Waals surface area contributed by atoms with E-state index in [0.717, 1.165) is 36.0 Å². The maximum atomic E-state index is 5.67. The van der Waals surface area contributed by atoms with Gasteiger partial charge in [0.15, 0.2) is 5.13 Å². The van der Waals surface area contributed by atoms with Crippen molar-refractivity contribution >= 4 is 26.7 Å². The smallest absolute Gasteiger partial charge is 0.183 e. The van der Waals surface area contributed by atoms with Gasteiger partial charge in [0.25, 0.3) is 0 Å². The number of hydrogen-bond donors (Lipinski definition) is 1. The molecule has 0 aliphatic carbocycles. The highest BCUT2D eigenvalue weighted by Crippen LogP contribution is 2.31. The number of aryl methyl sites for hydroxylation is 1. The molecule has 1 aromatic heterocycles. The van der Waals surface area contributed by atoms with Gasteiger partial charge in [0.2, 0.25) is 0 Å². The molecule has 92 valence electrons. The summed E-state index contributed by atoms with van der Waals surface area (Å²) in [5.74, 6) is 0.948. The lowest BCUT2D eigenvalue weighted by Gasteiger charge is -2.05. The average molecular weight is 250 g/mol. The molecule has 1 aromatic carbocycles. The van der Waals surface area contributed by atoms with E-state index in [2.05, 4.69) is 43.2 Å². The van der Waals surface area contributed by atoms with Crippen molar-refractivity contribution < 1.29 is 4.74 Å². The van der Waals surface area contributed by atoms with Gasteiger partial charge in [0.05, 0.1) is 16.8 Å². The zero-order valence-corrected chi connectivity index (χ0v) is 11.4. The Balaban J connectivity index is 2.35. The van der Waals surface area contributed by atoms with Crippen LogP contribution in [-0.4, -0.2) is 18.1 Å². The molecule has 17 heavy (non-hydrogen) atoms. The predicted molar refractivity (Wildman–Crippen MR) is 74.3 cm³/mol. The molecule has 2 rings (SSSR count). The molecule has 0 amide bonds. The number of rotatable bonds is 5. The maximum absolute atomic E-state index is 5.67. The molecule has 2 aromatic rings. The Morgan fingerprint density at radius 1 is 1.35 bits per heavy atom. The molecule has 1 heterocycles. The summed E-state index contributed by atoms with van der Waals surface area (Å²) in [4.78, 5) is 4.58. The van der Waals surface area contributed by atoms with Gasteiger partial charge >= 0.3 is 0 Å². The summed E-state index contributed by atoms with van der Waals surface area (Å²) in [6.07, 6.45) is 1.03. The third-order valence-electron chi connectivity index (χ3n) is 2.46. The van der Waals surface area contributed by atoms with Crippen LogP contribution in [0.25, 0.3) is 10.2 Å². The highest BCUT2D eigenvalue weighted by molar-refractivity contribution is 7.22. The summed E-state index contributed by atoms with van der Waals surface area (Å²) in [6, 6.07) is 4.14. The Morgan fingerprint density at radius 2 is 2.18 bits per heavy atom. The fourth-order valence-corrected chi connectivity index (χ4v) is 2.74. The van der Waals surface area contributed by atoms with Gasteiger partial charge in [0, 0.05) is 6.54 Å². The van der Waals surface area contributed by atoms with Crippen molar-refractivity contribution in [2.75, 3.05) is 18.5 Å². The van der Waals surface area contributed by atoms with Crippen LogP contribution in [0.3, 0.4) is 0 Å². The lowest BCUT2D eigenvalue weighted by Crippen LogP contribution is -1.95. The highest BCUT2D eigenvalue weighted by atomic mass is 32.1. The van der Waals surface area contributed by atoms with Gasteiger partial charge in [-0.15, -0.1) is 0 Å². The molecule has 0 saturated heterocycles. The first-order valence-electron chi connectivity index (χ1n) is 6.02. The third kappa shape index (κ3) is 2.69. The standard InChI is InChI=1S/C13H18N2OS/c1-4-6-16-10-7-9(3)12-11(8-10)17-13(15-12)14-5-2/h7-8H,4-6H2,1-3H3,(H,14,15). The fraction of sp³-hybridized carbons (Fsp3) is 0.462. The number of nitrogens with one attached hydrogen (secondary N) is 1. The third-order valence-corrected chi connectivity index (χ3v) is 3.42. The van der Waals surface area contributed by atoms with Crippen molar-refractivity contribution in [1.82, 2.24) is 4.98 Å². The Morgan fingerprint density at radius 3 is 2.88 bits per heavy atom. The SMILES string of the molecule is CCCOc1cc(C)c2nc(NCC)sc2c1. The lowest BCUT2D eigenvalue weighted by molar-refractivity contribution is 0.318. The molecule has 0 saturated carbocycles. The summed E-state index contributed by atoms with van der Waals surface area (Å²) < 4.78 is 6.86. The largest absolute Gasteiger partial charge is 0.494 e. The van der Waals surface area contributed by atoms with Crippen molar-refractivity contribution in [3.05, 3.63) is 17.7 Å². The Hall–Kier alpha value is -1.29. The topological polar surface area (TPSA) is 34.1 Å². The van der Waals surface area contributed by atoms with Crippen LogP contribution in [0.1, 0.15) is 25.8 Å². The molecule has 3 nitrogen and oxygen atoms in total. The zero-order valence-electron chi connectivity index (χ0n) is 10.5. The summed E-state index contributed by atoms with van der Waals surface area (Å²) >= 11 is 1.68. The molecule has 1 N–H and O–H groups in total. The minimum absolute atomic E-state index is 0.768. The number of thiazole rings is 1. The molecule has 0 unspecified atom stereocenters. The van der Waals surface area contributed by atoms with E-state index in [1.165, 1.54) is 10.3 Å². The van der Waals surface area contributed by atoms with E-state index >= 15 is 0 Å². The van der Waals surface area contributed by atoms with Crippen LogP contribution < -0.4 is 10.1 Å². The van der Waals surface area contributed by atoms with Crippen LogP contribution in [0.2, 0.25) is 0 Å². The Labute approximate surface area is 106 Å². The maximum Gasteiger partial charge on any atom is 0.183 e. The quantitative estimate of drug-likeness (QED) is 0.875. The van der Waals surface area contributed by atoms with Gasteiger partial charge in [-0.05, 0) is 38.0 Å². The van der Waals surface area contributed by atoms with Crippen LogP contribution in [0.4, 0.5) is 5.13 Å². The van der Waals surface area contributed by atoms with Gasteiger partial charge in [-0.25, -0.2) is 4.98 Å². The molecule has 0 atom stereocenters. The number of aromatic nitrogens is 1. The van der Waals surface area contributed by atoms with Crippen molar-refractivity contribution in [3.63, 3.8) is 0 Å². The molecule has 0 aliphatic heterocycles. The molecule has 0 radical (unpaired) electrons. The second-order valence-electron chi connectivity index (χ2n) is 3.98. The van der Waals surface area contributed by atoms with Gasteiger partial charge < -0.3 is 10.1 Å². The van der Waals surface area contributed by atoms with Crippen LogP contribution in [0.15, 0.2) is 12.1 Å². The number of fused-ring (bicyclic) bond motifs is 1. The molecule has 0 spiro atoms. The Kier molecular flexibility index (Phi) is 3.84. The normalized spacial score (nSPS) is 10.8. The summed E-state index contributed by atoms with van der Waals surface area (Å²) in [6.45, 7) is 7.94. The van der Waals surface area contributed by atoms with Crippen LogP contribution in [-0.2, 0) is 0 Å². The van der Waals surface area contributed by atoms with E-state index in [0.29, 0.717) is 0 Å². The lowest BCUT2D eigenvalue weighted by atomic mass is 10.2. The summed E-state index contributed by atoms with van der Waals surface area (Å²) in [5.41, 5.74) is 2.25. The number of ether oxygens (including phenoxy) is 1. The molecular formula is C13H18N2OS. The Bertz CT molecular complexity index is 507. The van der Waals surface area contributed by atoms with Crippen LogP contribution >= 0.6 is 11.3 Å². The van der Waals surface area contributed by atoms with Gasteiger partial charge in [-0.3, -0.25) is 0 Å². The van der Waals surface area contributed by atoms with Gasteiger partial charge in [-0.1, -0.05) is 18.3 Å². The minimum atomic E-state index is 0.768. The highest BCUT2D eigenvalue weighted by Gasteiger charge is 2.08. The second kappa shape index (κ2) is 5.36. The number of nitrogens with zero attached hydrogens (tertiary/aromatic N) is 1. The molecular weight excluding hydrogens is 232 g/mol. The number of hydrogen-bond acceptors (Lipinski definition) is 4. The van der Waals surface area contributed by atoms with Crippen molar-refractivity contribution in [3.8, 4) is 5.75 Å². The van der Waals surface area contributed by atoms with E-state index in [4.69, 9.17) is 4.74 Å². The molecule has 0 bridgehead atoms. The van der Waals surface area contributed by atoms with Gasteiger partial charge in [-0.2, -0.15) is 0 Å². The first-order chi connectivity index (χ1) is 8.24. The van der Waals surface area contributed by atoms with Crippen LogP contribution in [0.5, 0.6) is 5.75 Å². The number of anilines is 1. The van der Waals surface area contributed by atoms with Crippen molar-refractivity contribution in [2.24, 2.45) is 0 Å². The molecule has 0 aliphatic rings. The fourth-order valence-electron chi connectivity index (χ4n) is 1.69. The minimum Gasteiger partial charge on any atom is -0.494 e. The summed E-state index contributed by atoms with van der Waals surface area (Å²) in [7, 11) is 0. The summed E-state index contributed by atoms with van der Waals surface area (Å²) in [5, 5.41) is 4.24. The number of benzene rings is 1. The first-order valence-corrected chi connectivity index (χ1v) is 6.84. The second-order valence-corrected chi connectivity index (χ2v) is 5.02. The average Bonchev–Trinajstić information content (AvgIpc) is 2.70. The molecule has 0 fully saturated rings. The zero-order chi connectivity index (χ0) is 12.3. The van der Waals surface area contributed by atoms with Crippen molar-refractivity contribution in [1.29, 1.82) is 0 Å². The van der Waals surface area contributed by atoms with Gasteiger partial charge in [0.1, 0.15) is 5.75 Å². The van der Waals surface area contributed by atoms with E-state index < -0.39 is 0 Å². The van der Waals surface area contributed by atoms with E-state index in [-0.39, 0.29) is 0 Å². The van der Waals surface area contributed by atoms with E-state index in [1.807, 2.05) is 0 Å². The van der Waals surface area contributed by atoms with E-state index in [9.17, 15) is 0 Å². The van der Waals surface area contributed by atoms with Crippen molar-refractivity contribution in [2.45, 2.75) is 27.2 Å². The first kappa shape index (κ1) is 12.2. The molecule has 4 heteroatoms.